The van der Waals surface area contributed by atoms with E-state index in [1.165, 1.54) is 0 Å². The van der Waals surface area contributed by atoms with E-state index < -0.39 is 0 Å². The van der Waals surface area contributed by atoms with Crippen LogP contribution < -0.4 is 5.32 Å². The van der Waals surface area contributed by atoms with Crippen molar-refractivity contribution >= 4 is 12.4 Å². The van der Waals surface area contributed by atoms with Gasteiger partial charge in [-0.3, -0.25) is 9.58 Å². The molecule has 0 saturated carbocycles. The van der Waals surface area contributed by atoms with E-state index in [4.69, 9.17) is 4.52 Å². The molecule has 7 nitrogen and oxygen atoms in total. The van der Waals surface area contributed by atoms with Crippen LogP contribution >= 0.6 is 12.4 Å². The maximum Gasteiger partial charge on any atom is 0.278 e. The number of piperazine rings is 1. The molecule has 1 aliphatic heterocycles. The second kappa shape index (κ2) is 6.55. The predicted molar refractivity (Wildman–Crippen MR) is 81.4 cm³/mol. The van der Waals surface area contributed by atoms with Gasteiger partial charge in [-0.1, -0.05) is 5.16 Å². The smallest absolute Gasteiger partial charge is 0.278 e. The summed E-state index contributed by atoms with van der Waals surface area (Å²) in [6.07, 6.45) is 1.93. The van der Waals surface area contributed by atoms with E-state index in [1.54, 1.807) is 0 Å². The SMILES string of the molecule is CC(C)n1ccc(-c2nc(C3CNCCN3C)no2)n1.Cl. The van der Waals surface area contributed by atoms with Crippen LogP contribution in [0.2, 0.25) is 0 Å². The van der Waals surface area contributed by atoms with Crippen LogP contribution in [0.1, 0.15) is 31.8 Å². The van der Waals surface area contributed by atoms with Crippen molar-refractivity contribution in [1.29, 1.82) is 0 Å². The first kappa shape index (κ1) is 15.9. The molecule has 3 rings (SSSR count). The highest BCUT2D eigenvalue weighted by molar-refractivity contribution is 5.85. The average Bonchev–Trinajstić information content (AvgIpc) is 3.08. The second-order valence-electron chi connectivity index (χ2n) is 5.43. The molecule has 0 amide bonds. The van der Waals surface area contributed by atoms with Gasteiger partial charge >= 0.3 is 0 Å². The zero-order valence-electron chi connectivity index (χ0n) is 12.5. The van der Waals surface area contributed by atoms with Gasteiger partial charge in [-0.15, -0.1) is 12.4 Å². The number of halogens is 1. The molecule has 0 radical (unpaired) electrons. The number of hydrogen-bond donors (Lipinski definition) is 1. The van der Waals surface area contributed by atoms with Crippen molar-refractivity contribution in [1.82, 2.24) is 30.1 Å². The molecule has 2 aromatic rings. The summed E-state index contributed by atoms with van der Waals surface area (Å²) in [7, 11) is 2.08. The molecule has 1 atom stereocenters. The molecule has 3 heterocycles. The molecule has 1 unspecified atom stereocenters. The predicted octanol–water partition coefficient (Wildman–Crippen LogP) is 1.51. The first-order chi connectivity index (χ1) is 9.65. The third kappa shape index (κ3) is 3.25. The minimum Gasteiger partial charge on any atom is -0.332 e. The van der Waals surface area contributed by atoms with Crippen molar-refractivity contribution in [3.63, 3.8) is 0 Å². The Kier molecular flexibility index (Phi) is 4.97. The van der Waals surface area contributed by atoms with E-state index in [1.807, 2.05) is 16.9 Å². The van der Waals surface area contributed by atoms with Crippen LogP contribution in [-0.4, -0.2) is 51.5 Å². The Morgan fingerprint density at radius 1 is 1.43 bits per heavy atom. The molecule has 0 aliphatic carbocycles. The Morgan fingerprint density at radius 2 is 2.24 bits per heavy atom. The molecule has 1 aliphatic rings. The lowest BCUT2D eigenvalue weighted by Gasteiger charge is -2.30. The number of likely N-dealkylation sites (N-methyl/N-ethyl adjacent to an activating group) is 1. The standard InChI is InChI=1S/C13H20N6O.ClH/c1-9(2)19-6-4-10(16-19)13-15-12(17-20-13)11-8-14-5-7-18(11)3;/h4,6,9,11,14H,5,7-8H2,1-3H3;1H. The summed E-state index contributed by atoms with van der Waals surface area (Å²) in [5.41, 5.74) is 0.726. The lowest BCUT2D eigenvalue weighted by atomic mass is 10.2. The van der Waals surface area contributed by atoms with E-state index >= 15 is 0 Å². The highest BCUT2D eigenvalue weighted by Crippen LogP contribution is 2.22. The van der Waals surface area contributed by atoms with Crippen molar-refractivity contribution in [2.24, 2.45) is 0 Å². The van der Waals surface area contributed by atoms with Crippen molar-refractivity contribution in [2.45, 2.75) is 25.9 Å². The average molecular weight is 313 g/mol. The number of nitrogens with one attached hydrogen (secondary N) is 1. The monoisotopic (exact) mass is 312 g/mol. The van der Waals surface area contributed by atoms with Gasteiger partial charge in [0.1, 0.15) is 0 Å². The van der Waals surface area contributed by atoms with Crippen LogP contribution in [0.5, 0.6) is 0 Å². The zero-order chi connectivity index (χ0) is 14.1. The summed E-state index contributed by atoms with van der Waals surface area (Å²) in [6, 6.07) is 2.38. The lowest BCUT2D eigenvalue weighted by Crippen LogP contribution is -2.44. The van der Waals surface area contributed by atoms with Gasteiger partial charge in [0.25, 0.3) is 5.89 Å². The minimum atomic E-state index is 0. The van der Waals surface area contributed by atoms with E-state index in [0.717, 1.165) is 25.3 Å². The number of nitrogens with zero attached hydrogens (tertiary/aromatic N) is 5. The van der Waals surface area contributed by atoms with Gasteiger partial charge in [0.05, 0.1) is 6.04 Å². The quantitative estimate of drug-likeness (QED) is 0.926. The molecule has 116 valence electrons. The first-order valence-electron chi connectivity index (χ1n) is 6.95. The molecule has 2 aromatic heterocycles. The number of hydrogen-bond acceptors (Lipinski definition) is 6. The third-order valence-electron chi connectivity index (χ3n) is 3.61. The maximum absolute atomic E-state index is 5.35. The normalized spacial score (nSPS) is 19.7. The van der Waals surface area contributed by atoms with E-state index in [0.29, 0.717) is 17.8 Å². The Balaban J connectivity index is 0.00000161. The van der Waals surface area contributed by atoms with E-state index in [-0.39, 0.29) is 18.4 Å². The van der Waals surface area contributed by atoms with Crippen molar-refractivity contribution < 1.29 is 4.52 Å². The Bertz CT molecular complexity index is 581. The van der Waals surface area contributed by atoms with E-state index in [2.05, 4.69) is 46.4 Å². The van der Waals surface area contributed by atoms with E-state index in [9.17, 15) is 0 Å². The first-order valence-corrected chi connectivity index (χ1v) is 6.95. The third-order valence-corrected chi connectivity index (χ3v) is 3.61. The largest absolute Gasteiger partial charge is 0.332 e. The molecular weight excluding hydrogens is 292 g/mol. The molecule has 1 saturated heterocycles. The molecule has 1 N–H and O–H groups in total. The molecular formula is C13H21ClN6O. The zero-order valence-corrected chi connectivity index (χ0v) is 13.3. The van der Waals surface area contributed by atoms with Gasteiger partial charge in [-0.05, 0) is 27.0 Å². The van der Waals surface area contributed by atoms with Crippen LogP contribution in [0.15, 0.2) is 16.8 Å². The van der Waals surface area contributed by atoms with Gasteiger partial charge < -0.3 is 9.84 Å². The van der Waals surface area contributed by atoms with Crippen molar-refractivity contribution in [2.75, 3.05) is 26.7 Å². The summed E-state index contributed by atoms with van der Waals surface area (Å²) in [4.78, 5) is 6.73. The minimum absolute atomic E-state index is 0. The fourth-order valence-electron chi connectivity index (χ4n) is 2.31. The van der Waals surface area contributed by atoms with Crippen LogP contribution in [0.4, 0.5) is 0 Å². The molecule has 21 heavy (non-hydrogen) atoms. The highest BCUT2D eigenvalue weighted by atomic mass is 35.5. The maximum atomic E-state index is 5.35. The second-order valence-corrected chi connectivity index (χ2v) is 5.43. The fraction of sp³-hybridized carbons (Fsp3) is 0.615. The van der Waals surface area contributed by atoms with Crippen LogP contribution in [0.3, 0.4) is 0 Å². The molecule has 0 aromatic carbocycles. The van der Waals surface area contributed by atoms with Gasteiger partial charge in [0, 0.05) is 31.9 Å². The van der Waals surface area contributed by atoms with Crippen molar-refractivity contribution in [3.05, 3.63) is 18.1 Å². The Labute approximate surface area is 130 Å². The van der Waals surface area contributed by atoms with Gasteiger partial charge in [-0.25, -0.2) is 0 Å². The van der Waals surface area contributed by atoms with Gasteiger partial charge in [0.2, 0.25) is 0 Å². The number of rotatable bonds is 3. The molecule has 0 bridgehead atoms. The highest BCUT2D eigenvalue weighted by Gasteiger charge is 2.25. The summed E-state index contributed by atoms with van der Waals surface area (Å²) in [5.74, 6) is 1.20. The van der Waals surface area contributed by atoms with Crippen molar-refractivity contribution in [3.8, 4) is 11.6 Å². The fourth-order valence-corrected chi connectivity index (χ4v) is 2.31. The molecule has 1 fully saturated rings. The summed E-state index contributed by atoms with van der Waals surface area (Å²) >= 11 is 0. The topological polar surface area (TPSA) is 72.0 Å². The molecule has 0 spiro atoms. The summed E-state index contributed by atoms with van der Waals surface area (Å²) in [6.45, 7) is 6.99. The van der Waals surface area contributed by atoms with Gasteiger partial charge in [-0.2, -0.15) is 10.1 Å². The lowest BCUT2D eigenvalue weighted by molar-refractivity contribution is 0.190. The van der Waals surface area contributed by atoms with Crippen LogP contribution in [-0.2, 0) is 0 Å². The Hall–Kier alpha value is -1.44. The number of aromatic nitrogens is 4. The summed E-state index contributed by atoms with van der Waals surface area (Å²) in [5, 5.41) is 11.9. The summed E-state index contributed by atoms with van der Waals surface area (Å²) < 4.78 is 7.24. The van der Waals surface area contributed by atoms with Crippen LogP contribution in [0, 0.1) is 0 Å². The Morgan fingerprint density at radius 3 is 2.90 bits per heavy atom. The molecule has 8 heteroatoms. The van der Waals surface area contributed by atoms with Crippen LogP contribution in [0.25, 0.3) is 11.6 Å². The van der Waals surface area contributed by atoms with Gasteiger partial charge in [0.15, 0.2) is 11.5 Å².